The number of hydrogen-bond donors (Lipinski definition) is 0. The first-order valence-corrected chi connectivity index (χ1v) is 10.9. The van der Waals surface area contributed by atoms with E-state index in [9.17, 15) is 20.2 Å². The van der Waals surface area contributed by atoms with Gasteiger partial charge in [0.15, 0.2) is 0 Å². The van der Waals surface area contributed by atoms with Crippen molar-refractivity contribution in [2.45, 2.75) is 9.79 Å². The van der Waals surface area contributed by atoms with Gasteiger partial charge in [-0.1, -0.05) is 81.4 Å². The molecule has 0 N–H and O–H groups in total. The molecular weight excluding hydrogens is 553 g/mol. The van der Waals surface area contributed by atoms with Gasteiger partial charge in [0.25, 0.3) is 11.4 Å². The largest absolute Gasteiger partial charge is 0.271 e. The Hall–Kier alpha value is -1.45. The van der Waals surface area contributed by atoms with Crippen molar-refractivity contribution in [2.24, 2.45) is 0 Å². The Morgan fingerprint density at radius 1 is 0.548 bits per heavy atom. The van der Waals surface area contributed by atoms with E-state index in [2.05, 4.69) is 0 Å². The van der Waals surface area contributed by atoms with Crippen LogP contribution in [0.4, 0.5) is 11.4 Å². The summed E-state index contributed by atoms with van der Waals surface area (Å²) in [5.74, 6) is 0. The van der Waals surface area contributed by atoms with Crippen LogP contribution in [0.5, 0.6) is 0 Å². The third-order valence-electron chi connectivity index (χ3n) is 3.44. The molecule has 31 heavy (non-hydrogen) atoms. The molecule has 0 aliphatic rings. The molecule has 0 aliphatic carbocycles. The standard InChI is InChI=1S/C12H5Cl4NO2S.C6H3Cl2NO2/c13-7-4-10(16)12(5-8(7)14)20-11-2-1-6(17(18)19)3-9(11)15;7-5-2-1-4(9(10)11)3-6(5)8/h1-5H;1-3H. The number of hydrogen-bond acceptors (Lipinski definition) is 5. The smallest absolute Gasteiger partial charge is 0.258 e. The molecule has 0 radical (unpaired) electrons. The fourth-order valence-corrected chi connectivity index (χ4v) is 4.16. The maximum Gasteiger partial charge on any atom is 0.271 e. The van der Waals surface area contributed by atoms with E-state index in [0.717, 1.165) is 0 Å². The molecule has 0 aromatic heterocycles. The Bertz CT molecular complexity index is 1160. The number of rotatable bonds is 4. The quantitative estimate of drug-likeness (QED) is 0.180. The van der Waals surface area contributed by atoms with Crippen molar-refractivity contribution >= 4 is 92.7 Å². The molecule has 0 aliphatic heterocycles. The van der Waals surface area contributed by atoms with Gasteiger partial charge in [0, 0.05) is 34.1 Å². The van der Waals surface area contributed by atoms with E-state index in [1.54, 1.807) is 12.1 Å². The summed E-state index contributed by atoms with van der Waals surface area (Å²) in [7, 11) is 0. The molecule has 3 rings (SSSR count). The average Bonchev–Trinajstić information content (AvgIpc) is 2.69. The van der Waals surface area contributed by atoms with Crippen LogP contribution in [0.3, 0.4) is 0 Å². The summed E-state index contributed by atoms with van der Waals surface area (Å²) in [6, 6.07) is 11.3. The zero-order valence-corrected chi connectivity index (χ0v) is 20.2. The summed E-state index contributed by atoms with van der Waals surface area (Å²) in [5, 5.41) is 22.8. The predicted molar refractivity (Wildman–Crippen MR) is 127 cm³/mol. The molecule has 0 saturated carbocycles. The van der Waals surface area contributed by atoms with Gasteiger partial charge in [-0.05, 0) is 24.3 Å². The Morgan fingerprint density at radius 3 is 1.52 bits per heavy atom. The second-order valence-corrected chi connectivity index (χ2v) is 9.05. The highest BCUT2D eigenvalue weighted by Gasteiger charge is 2.13. The van der Waals surface area contributed by atoms with E-state index in [0.29, 0.717) is 29.9 Å². The fraction of sp³-hybridized carbons (Fsp3) is 0. The van der Waals surface area contributed by atoms with Crippen LogP contribution in [-0.4, -0.2) is 9.85 Å². The van der Waals surface area contributed by atoms with E-state index in [4.69, 9.17) is 69.6 Å². The lowest BCUT2D eigenvalue weighted by Gasteiger charge is -2.07. The van der Waals surface area contributed by atoms with Crippen molar-refractivity contribution in [2.75, 3.05) is 0 Å². The van der Waals surface area contributed by atoms with Gasteiger partial charge in [-0.3, -0.25) is 20.2 Å². The minimum absolute atomic E-state index is 0.0561. The van der Waals surface area contributed by atoms with Crippen LogP contribution < -0.4 is 0 Å². The Kier molecular flexibility index (Phi) is 9.51. The number of nitrogens with zero attached hydrogens (tertiary/aromatic N) is 2. The van der Waals surface area contributed by atoms with Crippen LogP contribution in [-0.2, 0) is 0 Å². The van der Waals surface area contributed by atoms with Gasteiger partial charge >= 0.3 is 0 Å². The average molecular weight is 561 g/mol. The van der Waals surface area contributed by atoms with Crippen LogP contribution in [0.15, 0.2) is 58.3 Å². The summed E-state index contributed by atoms with van der Waals surface area (Å²) in [6.07, 6.45) is 0. The highest BCUT2D eigenvalue weighted by atomic mass is 35.5. The molecule has 0 amide bonds. The number of nitro groups is 2. The van der Waals surface area contributed by atoms with E-state index in [1.807, 2.05) is 0 Å². The van der Waals surface area contributed by atoms with Crippen molar-refractivity contribution in [1.29, 1.82) is 0 Å². The van der Waals surface area contributed by atoms with E-state index < -0.39 is 9.85 Å². The Labute approximate surface area is 210 Å². The monoisotopic (exact) mass is 558 g/mol. The first kappa shape index (κ1) is 25.8. The summed E-state index contributed by atoms with van der Waals surface area (Å²) in [4.78, 5) is 21.1. The van der Waals surface area contributed by atoms with Crippen molar-refractivity contribution < 1.29 is 9.85 Å². The van der Waals surface area contributed by atoms with E-state index in [-0.39, 0.29) is 21.4 Å². The highest BCUT2D eigenvalue weighted by molar-refractivity contribution is 7.99. The topological polar surface area (TPSA) is 86.3 Å². The second kappa shape index (κ2) is 11.4. The molecule has 0 atom stereocenters. The highest BCUT2D eigenvalue weighted by Crippen LogP contribution is 2.41. The molecule has 162 valence electrons. The molecule has 0 heterocycles. The normalized spacial score (nSPS) is 10.3. The molecular formula is C18H8Cl6N2O4S. The molecule has 0 spiro atoms. The predicted octanol–water partition coefficient (Wildman–Crippen LogP) is 9.26. The molecule has 0 bridgehead atoms. The van der Waals surface area contributed by atoms with Crippen molar-refractivity contribution in [3.05, 3.63) is 98.9 Å². The molecule has 6 nitrogen and oxygen atoms in total. The molecule has 3 aromatic rings. The fourth-order valence-electron chi connectivity index (χ4n) is 1.99. The molecule has 0 unspecified atom stereocenters. The summed E-state index contributed by atoms with van der Waals surface area (Å²) < 4.78 is 0. The summed E-state index contributed by atoms with van der Waals surface area (Å²) >= 11 is 36.2. The van der Waals surface area contributed by atoms with Gasteiger partial charge in [-0.25, -0.2) is 0 Å². The van der Waals surface area contributed by atoms with Crippen LogP contribution in [0.25, 0.3) is 0 Å². The minimum Gasteiger partial charge on any atom is -0.258 e. The zero-order chi connectivity index (χ0) is 23.3. The molecule has 0 fully saturated rings. The number of halogens is 6. The third-order valence-corrected chi connectivity index (χ3v) is 6.88. The van der Waals surface area contributed by atoms with Gasteiger partial charge in [-0.15, -0.1) is 0 Å². The maximum atomic E-state index is 10.6. The Morgan fingerprint density at radius 2 is 1.00 bits per heavy atom. The van der Waals surface area contributed by atoms with Gasteiger partial charge < -0.3 is 0 Å². The number of nitro benzene ring substituents is 2. The lowest BCUT2D eigenvalue weighted by molar-refractivity contribution is -0.385. The van der Waals surface area contributed by atoms with Gasteiger partial charge in [0.1, 0.15) is 0 Å². The van der Waals surface area contributed by atoms with Crippen molar-refractivity contribution in [3.63, 3.8) is 0 Å². The molecule has 0 saturated heterocycles. The lowest BCUT2D eigenvalue weighted by Crippen LogP contribution is -1.88. The minimum atomic E-state index is -0.526. The number of non-ortho nitro benzene ring substituents is 2. The summed E-state index contributed by atoms with van der Waals surface area (Å²) in [6.45, 7) is 0. The molecule has 3 aromatic carbocycles. The summed E-state index contributed by atoms with van der Waals surface area (Å²) in [5.41, 5.74) is -0.126. The van der Waals surface area contributed by atoms with Crippen LogP contribution >= 0.6 is 81.4 Å². The first-order chi connectivity index (χ1) is 14.5. The van der Waals surface area contributed by atoms with Crippen molar-refractivity contribution in [1.82, 2.24) is 0 Å². The number of benzene rings is 3. The van der Waals surface area contributed by atoms with Crippen LogP contribution in [0.2, 0.25) is 30.1 Å². The van der Waals surface area contributed by atoms with Crippen molar-refractivity contribution in [3.8, 4) is 0 Å². The van der Waals surface area contributed by atoms with E-state index in [1.165, 1.54) is 48.2 Å². The maximum absolute atomic E-state index is 10.6. The van der Waals surface area contributed by atoms with Gasteiger partial charge in [0.2, 0.25) is 0 Å². The Balaban J connectivity index is 0.000000262. The zero-order valence-electron chi connectivity index (χ0n) is 14.8. The molecule has 13 heteroatoms. The first-order valence-electron chi connectivity index (χ1n) is 7.85. The van der Waals surface area contributed by atoms with Crippen LogP contribution in [0, 0.1) is 20.2 Å². The van der Waals surface area contributed by atoms with Gasteiger partial charge in [-0.2, -0.15) is 0 Å². The van der Waals surface area contributed by atoms with E-state index >= 15 is 0 Å². The lowest BCUT2D eigenvalue weighted by atomic mass is 10.3. The second-order valence-electron chi connectivity index (χ2n) is 5.53. The van der Waals surface area contributed by atoms with Crippen LogP contribution in [0.1, 0.15) is 0 Å². The SMILES string of the molecule is O=[N+]([O-])c1ccc(Cl)c(Cl)c1.O=[N+]([O-])c1ccc(Sc2cc(Cl)c(Cl)cc2Cl)c(Cl)c1. The van der Waals surface area contributed by atoms with Gasteiger partial charge in [0.05, 0.1) is 40.0 Å². The third kappa shape index (κ3) is 7.29.